The molecular formula is C21H41N2O+. The van der Waals surface area contributed by atoms with E-state index in [9.17, 15) is 5.11 Å². The number of nitrogens with zero attached hydrogens (tertiary/aromatic N) is 2. The summed E-state index contributed by atoms with van der Waals surface area (Å²) in [6, 6.07) is 0. The number of aliphatic hydroxyl groups is 1. The van der Waals surface area contributed by atoms with E-state index >= 15 is 0 Å². The Morgan fingerprint density at radius 2 is 1.62 bits per heavy atom. The van der Waals surface area contributed by atoms with E-state index in [0.29, 0.717) is 4.48 Å². The molecule has 0 saturated carbocycles. The van der Waals surface area contributed by atoms with Crippen LogP contribution >= 0.6 is 0 Å². The molecule has 0 spiro atoms. The van der Waals surface area contributed by atoms with Crippen molar-refractivity contribution in [1.29, 1.82) is 0 Å². The van der Waals surface area contributed by atoms with E-state index in [1.807, 2.05) is 6.92 Å². The van der Waals surface area contributed by atoms with Crippen molar-refractivity contribution < 1.29 is 9.59 Å². The average molecular weight is 338 g/mol. The maximum absolute atomic E-state index is 10.2. The predicted octanol–water partition coefficient (Wildman–Crippen LogP) is 5.44. The summed E-state index contributed by atoms with van der Waals surface area (Å²) >= 11 is 0. The van der Waals surface area contributed by atoms with Crippen molar-refractivity contribution in [2.75, 3.05) is 19.6 Å². The summed E-state index contributed by atoms with van der Waals surface area (Å²) in [6.07, 6.45) is 18.5. The van der Waals surface area contributed by atoms with Crippen LogP contribution in [0.15, 0.2) is 17.1 Å². The lowest BCUT2D eigenvalue weighted by molar-refractivity contribution is -0.882. The molecule has 0 amide bonds. The zero-order valence-electron chi connectivity index (χ0n) is 16.5. The number of aliphatic hydroxyl groups excluding tert-OH is 1. The van der Waals surface area contributed by atoms with Gasteiger partial charge in [-0.05, 0) is 32.6 Å². The maximum Gasteiger partial charge on any atom is 0.200 e. The summed E-state index contributed by atoms with van der Waals surface area (Å²) in [5.74, 6) is 1.24. The van der Waals surface area contributed by atoms with Crippen LogP contribution in [-0.2, 0) is 0 Å². The second-order valence-electron chi connectivity index (χ2n) is 7.28. The third-order valence-corrected chi connectivity index (χ3v) is 5.50. The SMILES string of the molecule is CCCC/C=C/CCCCCCCCC1=NCC[N+]1(CC)C(C)O. The van der Waals surface area contributed by atoms with Gasteiger partial charge in [0.2, 0.25) is 5.84 Å². The highest BCUT2D eigenvalue weighted by atomic mass is 16.3. The lowest BCUT2D eigenvalue weighted by atomic mass is 10.1. The number of hydrogen-bond donors (Lipinski definition) is 1. The van der Waals surface area contributed by atoms with Gasteiger partial charge in [0.25, 0.3) is 0 Å². The zero-order valence-corrected chi connectivity index (χ0v) is 16.5. The zero-order chi connectivity index (χ0) is 17.7. The second-order valence-corrected chi connectivity index (χ2v) is 7.28. The number of allylic oxidation sites excluding steroid dienone is 2. The van der Waals surface area contributed by atoms with Crippen LogP contribution in [-0.4, -0.2) is 41.3 Å². The first-order chi connectivity index (χ1) is 11.7. The highest BCUT2D eigenvalue weighted by Crippen LogP contribution is 2.22. The molecule has 140 valence electrons. The summed E-state index contributed by atoms with van der Waals surface area (Å²) in [4.78, 5) is 4.69. The Morgan fingerprint density at radius 1 is 1.00 bits per heavy atom. The normalized spacial score (nSPS) is 22.2. The highest BCUT2D eigenvalue weighted by molar-refractivity contribution is 5.76. The molecule has 24 heavy (non-hydrogen) atoms. The van der Waals surface area contributed by atoms with Gasteiger partial charge in [-0.25, -0.2) is 4.99 Å². The van der Waals surface area contributed by atoms with Crippen LogP contribution in [0.5, 0.6) is 0 Å². The molecule has 0 fully saturated rings. The van der Waals surface area contributed by atoms with Gasteiger partial charge >= 0.3 is 0 Å². The number of quaternary nitrogens is 1. The third kappa shape index (κ3) is 7.06. The molecule has 0 saturated heterocycles. The monoisotopic (exact) mass is 337 g/mol. The van der Waals surface area contributed by atoms with Crippen LogP contribution in [0.4, 0.5) is 0 Å². The van der Waals surface area contributed by atoms with Crippen molar-refractivity contribution in [3.05, 3.63) is 12.2 Å². The summed E-state index contributed by atoms with van der Waals surface area (Å²) in [6.45, 7) is 9.17. The van der Waals surface area contributed by atoms with Crippen LogP contribution in [0.3, 0.4) is 0 Å². The van der Waals surface area contributed by atoms with E-state index in [1.54, 1.807) is 0 Å². The van der Waals surface area contributed by atoms with Crippen molar-refractivity contribution in [3.63, 3.8) is 0 Å². The van der Waals surface area contributed by atoms with Gasteiger partial charge in [-0.15, -0.1) is 0 Å². The molecule has 1 aliphatic rings. The molecule has 2 unspecified atom stereocenters. The lowest BCUT2D eigenvalue weighted by Crippen LogP contribution is -2.56. The molecule has 3 nitrogen and oxygen atoms in total. The molecule has 3 heteroatoms. The Hall–Kier alpha value is -0.670. The number of aliphatic imine (C=N–C) groups is 1. The summed E-state index contributed by atoms with van der Waals surface area (Å²) in [5, 5.41) is 10.2. The minimum atomic E-state index is -0.318. The Balaban J connectivity index is 2.03. The van der Waals surface area contributed by atoms with Gasteiger partial charge in [-0.1, -0.05) is 57.6 Å². The Morgan fingerprint density at radius 3 is 2.25 bits per heavy atom. The second kappa shape index (κ2) is 12.7. The van der Waals surface area contributed by atoms with Gasteiger partial charge in [0.15, 0.2) is 6.23 Å². The van der Waals surface area contributed by atoms with Crippen molar-refractivity contribution in [3.8, 4) is 0 Å². The predicted molar refractivity (Wildman–Crippen MR) is 105 cm³/mol. The van der Waals surface area contributed by atoms with Crippen LogP contribution in [0.1, 0.15) is 91.4 Å². The topological polar surface area (TPSA) is 32.6 Å². The van der Waals surface area contributed by atoms with Crippen molar-refractivity contribution in [2.45, 2.75) is 97.6 Å². The number of amidine groups is 1. The molecule has 0 aromatic rings. The van der Waals surface area contributed by atoms with Crippen molar-refractivity contribution in [1.82, 2.24) is 0 Å². The van der Waals surface area contributed by atoms with Crippen molar-refractivity contribution in [2.24, 2.45) is 4.99 Å². The fourth-order valence-electron chi connectivity index (χ4n) is 3.75. The molecule has 1 rings (SSSR count). The summed E-state index contributed by atoms with van der Waals surface area (Å²) in [5.41, 5.74) is 0. The van der Waals surface area contributed by atoms with Crippen LogP contribution in [0.25, 0.3) is 0 Å². The molecule has 0 aliphatic carbocycles. The van der Waals surface area contributed by atoms with E-state index in [2.05, 4.69) is 26.0 Å². The minimum absolute atomic E-state index is 0.318. The molecular weight excluding hydrogens is 296 g/mol. The smallest absolute Gasteiger partial charge is 0.200 e. The molecule has 0 aromatic carbocycles. The maximum atomic E-state index is 10.2. The first kappa shape index (κ1) is 21.4. The largest absolute Gasteiger partial charge is 0.345 e. The molecule has 0 aromatic heterocycles. The highest BCUT2D eigenvalue weighted by Gasteiger charge is 2.40. The first-order valence-electron chi connectivity index (χ1n) is 10.4. The van der Waals surface area contributed by atoms with E-state index < -0.39 is 0 Å². The molecule has 0 radical (unpaired) electrons. The number of likely N-dealkylation sites (N-methyl/N-ethyl adjacent to an activating group) is 1. The van der Waals surface area contributed by atoms with Gasteiger partial charge in [0.1, 0.15) is 6.54 Å². The summed E-state index contributed by atoms with van der Waals surface area (Å²) in [7, 11) is 0. The van der Waals surface area contributed by atoms with Gasteiger partial charge in [0.05, 0.1) is 13.1 Å². The molecule has 1 heterocycles. The van der Waals surface area contributed by atoms with Gasteiger partial charge < -0.3 is 5.11 Å². The Labute approximate surface area is 150 Å². The number of hydrogen-bond acceptors (Lipinski definition) is 2. The molecule has 0 bridgehead atoms. The quantitative estimate of drug-likeness (QED) is 0.255. The van der Waals surface area contributed by atoms with Crippen LogP contribution in [0.2, 0.25) is 0 Å². The van der Waals surface area contributed by atoms with Crippen LogP contribution in [0, 0.1) is 0 Å². The van der Waals surface area contributed by atoms with Gasteiger partial charge in [-0.2, -0.15) is 0 Å². The molecule has 2 atom stereocenters. The van der Waals surface area contributed by atoms with E-state index in [1.165, 1.54) is 70.0 Å². The number of rotatable bonds is 14. The minimum Gasteiger partial charge on any atom is -0.345 e. The van der Waals surface area contributed by atoms with E-state index in [0.717, 1.165) is 26.1 Å². The number of unbranched alkanes of at least 4 members (excludes halogenated alkanes) is 8. The fourth-order valence-corrected chi connectivity index (χ4v) is 3.75. The Kier molecular flexibility index (Phi) is 11.3. The standard InChI is InChI=1S/C21H41N2O/c1-4-6-7-8-9-10-11-12-13-14-15-16-17-21-22-18-19-23(21,5-2)20(3)24/h8-9,20,24H,4-7,10-19H2,1-3H3/q+1/b9-8+. The Bertz CT molecular complexity index is 376. The molecule has 1 aliphatic heterocycles. The first-order valence-corrected chi connectivity index (χ1v) is 10.4. The van der Waals surface area contributed by atoms with Gasteiger partial charge in [-0.3, -0.25) is 4.48 Å². The average Bonchev–Trinajstić information content (AvgIpc) is 3.00. The van der Waals surface area contributed by atoms with E-state index in [-0.39, 0.29) is 6.23 Å². The molecule has 1 N–H and O–H groups in total. The van der Waals surface area contributed by atoms with Crippen LogP contribution < -0.4 is 0 Å². The van der Waals surface area contributed by atoms with Gasteiger partial charge in [0, 0.05) is 13.3 Å². The summed E-state index contributed by atoms with van der Waals surface area (Å²) < 4.78 is 0.713. The van der Waals surface area contributed by atoms with E-state index in [4.69, 9.17) is 4.99 Å². The van der Waals surface area contributed by atoms with Crippen molar-refractivity contribution >= 4 is 5.84 Å². The lowest BCUT2D eigenvalue weighted by Gasteiger charge is -2.36. The fraction of sp³-hybridized carbons (Fsp3) is 0.857. The third-order valence-electron chi connectivity index (χ3n) is 5.50.